The van der Waals surface area contributed by atoms with Crippen LogP contribution in [-0.4, -0.2) is 31.8 Å². The Labute approximate surface area is 124 Å². The smallest absolute Gasteiger partial charge is 0.257 e. The topological polar surface area (TPSA) is 47.6 Å². The fraction of sp³-hybridized carbons (Fsp3) is 0.562. The molecule has 0 spiro atoms. The van der Waals surface area contributed by atoms with Crippen molar-refractivity contribution in [3.8, 4) is 5.75 Å². The Bertz CT molecular complexity index is 430. The predicted molar refractivity (Wildman–Crippen MR) is 77.7 cm³/mol. The third-order valence-corrected chi connectivity index (χ3v) is 3.48. The van der Waals surface area contributed by atoms with Crippen molar-refractivity contribution >= 4 is 5.91 Å². The molecule has 1 unspecified atom stereocenters. The number of ether oxygens (including phenoxy) is 2. The van der Waals surface area contributed by atoms with Crippen LogP contribution < -0.4 is 10.1 Å². The predicted octanol–water partition coefficient (Wildman–Crippen LogP) is 2.67. The number of rotatable bonds is 8. The highest BCUT2D eigenvalue weighted by Crippen LogP contribution is 2.17. The van der Waals surface area contributed by atoms with Gasteiger partial charge < -0.3 is 14.8 Å². The van der Waals surface area contributed by atoms with E-state index in [1.54, 1.807) is 0 Å². The molecule has 1 N–H and O–H groups in total. The van der Waals surface area contributed by atoms with Crippen molar-refractivity contribution in [2.45, 2.75) is 38.2 Å². The zero-order valence-corrected chi connectivity index (χ0v) is 12.1. The Morgan fingerprint density at radius 1 is 1.33 bits per heavy atom. The fourth-order valence-corrected chi connectivity index (χ4v) is 2.33. The molecule has 1 amide bonds. The standard InChI is InChI=1S/C16H22FNO3/c17-13-6-8-15(9-7-13)21-12-16(19)18-10-2-1-4-14-5-3-11-20-14/h6-9,14H,1-5,10-12H2,(H,18,19). The maximum absolute atomic E-state index is 12.7. The highest BCUT2D eigenvalue weighted by Gasteiger charge is 2.14. The first-order chi connectivity index (χ1) is 10.2. The highest BCUT2D eigenvalue weighted by molar-refractivity contribution is 5.77. The van der Waals surface area contributed by atoms with Crippen molar-refractivity contribution < 1.29 is 18.7 Å². The third kappa shape index (κ3) is 6.12. The van der Waals surface area contributed by atoms with Gasteiger partial charge in [0.05, 0.1) is 6.10 Å². The van der Waals surface area contributed by atoms with Crippen LogP contribution in [0.4, 0.5) is 4.39 Å². The molecular formula is C16H22FNO3. The molecular weight excluding hydrogens is 273 g/mol. The quantitative estimate of drug-likeness (QED) is 0.750. The van der Waals surface area contributed by atoms with E-state index in [1.807, 2.05) is 0 Å². The zero-order valence-electron chi connectivity index (χ0n) is 12.1. The lowest BCUT2D eigenvalue weighted by atomic mass is 10.1. The molecule has 1 aliphatic heterocycles. The SMILES string of the molecule is O=C(COc1ccc(F)cc1)NCCCCC1CCCO1. The van der Waals surface area contributed by atoms with Crippen LogP contribution in [0.15, 0.2) is 24.3 Å². The van der Waals surface area contributed by atoms with Crippen LogP contribution in [-0.2, 0) is 9.53 Å². The number of benzene rings is 1. The van der Waals surface area contributed by atoms with Gasteiger partial charge in [0, 0.05) is 13.2 Å². The number of unbranched alkanes of at least 4 members (excludes halogenated alkanes) is 1. The van der Waals surface area contributed by atoms with E-state index in [0.29, 0.717) is 18.4 Å². The van der Waals surface area contributed by atoms with Gasteiger partial charge in [0.2, 0.25) is 0 Å². The van der Waals surface area contributed by atoms with Crippen molar-refractivity contribution in [1.82, 2.24) is 5.32 Å². The molecule has 0 aromatic heterocycles. The van der Waals surface area contributed by atoms with Gasteiger partial charge in [-0.1, -0.05) is 0 Å². The van der Waals surface area contributed by atoms with Crippen molar-refractivity contribution in [2.24, 2.45) is 0 Å². The first-order valence-electron chi connectivity index (χ1n) is 7.51. The molecule has 1 fully saturated rings. The van der Waals surface area contributed by atoms with Gasteiger partial charge in [0.25, 0.3) is 5.91 Å². The number of hydrogen-bond acceptors (Lipinski definition) is 3. The highest BCUT2D eigenvalue weighted by atomic mass is 19.1. The normalized spacial score (nSPS) is 17.7. The minimum Gasteiger partial charge on any atom is -0.484 e. The van der Waals surface area contributed by atoms with Gasteiger partial charge in [0.1, 0.15) is 11.6 Å². The molecule has 1 saturated heterocycles. The average molecular weight is 295 g/mol. The number of halogens is 1. The van der Waals surface area contributed by atoms with Gasteiger partial charge >= 0.3 is 0 Å². The molecule has 21 heavy (non-hydrogen) atoms. The summed E-state index contributed by atoms with van der Waals surface area (Å²) in [5.41, 5.74) is 0. The van der Waals surface area contributed by atoms with Crippen molar-refractivity contribution in [2.75, 3.05) is 19.8 Å². The summed E-state index contributed by atoms with van der Waals surface area (Å²) in [6.07, 6.45) is 5.83. The second-order valence-electron chi connectivity index (χ2n) is 5.22. The lowest BCUT2D eigenvalue weighted by Crippen LogP contribution is -2.29. The second-order valence-corrected chi connectivity index (χ2v) is 5.22. The average Bonchev–Trinajstić information content (AvgIpc) is 2.99. The molecule has 1 aromatic rings. The van der Waals surface area contributed by atoms with E-state index in [4.69, 9.17) is 9.47 Å². The van der Waals surface area contributed by atoms with E-state index in [2.05, 4.69) is 5.32 Å². The summed E-state index contributed by atoms with van der Waals surface area (Å²) in [6.45, 7) is 1.50. The fourth-order valence-electron chi connectivity index (χ4n) is 2.33. The maximum Gasteiger partial charge on any atom is 0.257 e. The minimum absolute atomic E-state index is 0.0443. The van der Waals surface area contributed by atoms with E-state index in [1.165, 1.54) is 30.7 Å². The van der Waals surface area contributed by atoms with E-state index >= 15 is 0 Å². The molecule has 116 valence electrons. The summed E-state index contributed by atoms with van der Waals surface area (Å²) >= 11 is 0. The van der Waals surface area contributed by atoms with Crippen LogP contribution in [0.3, 0.4) is 0 Å². The summed E-state index contributed by atoms with van der Waals surface area (Å²) in [6, 6.07) is 5.62. The van der Waals surface area contributed by atoms with E-state index in [0.717, 1.165) is 32.3 Å². The van der Waals surface area contributed by atoms with Crippen molar-refractivity contribution in [1.29, 1.82) is 0 Å². The number of carbonyl (C=O) groups excluding carboxylic acids is 1. The lowest BCUT2D eigenvalue weighted by molar-refractivity contribution is -0.123. The zero-order chi connectivity index (χ0) is 14.9. The number of hydrogen-bond donors (Lipinski definition) is 1. The minimum atomic E-state index is -0.321. The van der Waals surface area contributed by atoms with Crippen molar-refractivity contribution in [3.63, 3.8) is 0 Å². The van der Waals surface area contributed by atoms with Crippen molar-refractivity contribution in [3.05, 3.63) is 30.1 Å². The van der Waals surface area contributed by atoms with Gasteiger partial charge in [0.15, 0.2) is 6.61 Å². The molecule has 1 aliphatic rings. The summed E-state index contributed by atoms with van der Waals surface area (Å²) in [7, 11) is 0. The number of nitrogens with one attached hydrogen (secondary N) is 1. The lowest BCUT2D eigenvalue weighted by Gasteiger charge is -2.09. The van der Waals surface area contributed by atoms with E-state index < -0.39 is 0 Å². The first kappa shape index (κ1) is 15.8. The Hall–Kier alpha value is -1.62. The first-order valence-corrected chi connectivity index (χ1v) is 7.51. The summed E-state index contributed by atoms with van der Waals surface area (Å²) in [5.74, 6) is 0.0133. The summed E-state index contributed by atoms with van der Waals surface area (Å²) < 4.78 is 23.5. The molecule has 1 heterocycles. The van der Waals surface area contributed by atoms with E-state index in [9.17, 15) is 9.18 Å². The molecule has 5 heteroatoms. The van der Waals surface area contributed by atoms with Gasteiger partial charge in [-0.2, -0.15) is 0 Å². The van der Waals surface area contributed by atoms with Gasteiger partial charge in [-0.3, -0.25) is 4.79 Å². The molecule has 0 aliphatic carbocycles. The molecule has 0 saturated carbocycles. The maximum atomic E-state index is 12.7. The van der Waals surface area contributed by atoms with Crippen LogP contribution in [0.1, 0.15) is 32.1 Å². The monoisotopic (exact) mass is 295 g/mol. The Balaban J connectivity index is 1.50. The Morgan fingerprint density at radius 2 is 2.14 bits per heavy atom. The van der Waals surface area contributed by atoms with Crippen LogP contribution in [0.5, 0.6) is 5.75 Å². The molecule has 1 aromatic carbocycles. The molecule has 2 rings (SSSR count). The van der Waals surface area contributed by atoms with Gasteiger partial charge in [-0.25, -0.2) is 4.39 Å². The van der Waals surface area contributed by atoms with Gasteiger partial charge in [-0.15, -0.1) is 0 Å². The largest absolute Gasteiger partial charge is 0.484 e. The summed E-state index contributed by atoms with van der Waals surface area (Å²) in [5, 5.41) is 2.81. The molecule has 0 radical (unpaired) electrons. The van der Waals surface area contributed by atoms with Crippen LogP contribution >= 0.6 is 0 Å². The Kier molecular flexibility index (Phi) is 6.47. The Morgan fingerprint density at radius 3 is 2.86 bits per heavy atom. The third-order valence-electron chi connectivity index (χ3n) is 3.48. The number of amides is 1. The molecule has 4 nitrogen and oxygen atoms in total. The van der Waals surface area contributed by atoms with Crippen LogP contribution in [0.25, 0.3) is 0 Å². The van der Waals surface area contributed by atoms with Gasteiger partial charge in [-0.05, 0) is 56.4 Å². The van der Waals surface area contributed by atoms with E-state index in [-0.39, 0.29) is 18.3 Å². The molecule has 1 atom stereocenters. The van der Waals surface area contributed by atoms with Crippen LogP contribution in [0, 0.1) is 5.82 Å². The summed E-state index contributed by atoms with van der Waals surface area (Å²) in [4.78, 5) is 11.6. The number of carbonyl (C=O) groups is 1. The van der Waals surface area contributed by atoms with Crippen LogP contribution in [0.2, 0.25) is 0 Å². The second kappa shape index (κ2) is 8.62. The molecule has 0 bridgehead atoms.